The molecule has 0 saturated heterocycles. The van der Waals surface area contributed by atoms with E-state index < -0.39 is 0 Å². The van der Waals surface area contributed by atoms with Crippen LogP contribution in [0.3, 0.4) is 0 Å². The average Bonchev–Trinajstić information content (AvgIpc) is 2.63. The molecule has 0 bridgehead atoms. The highest BCUT2D eigenvalue weighted by Crippen LogP contribution is 2.15. The van der Waals surface area contributed by atoms with Gasteiger partial charge in [0.05, 0.1) is 12.2 Å². The molecule has 1 N–H and O–H groups in total. The molecule has 1 aromatic heterocycles. The van der Waals surface area contributed by atoms with E-state index in [0.717, 1.165) is 11.4 Å². The summed E-state index contributed by atoms with van der Waals surface area (Å²) in [5.41, 5.74) is 1.38. The van der Waals surface area contributed by atoms with E-state index in [-0.39, 0.29) is 5.82 Å². The molecular formula is C11H13FN4. The van der Waals surface area contributed by atoms with Crippen LogP contribution in [0.2, 0.25) is 0 Å². The maximum Gasteiger partial charge on any atom is 0.146 e. The van der Waals surface area contributed by atoms with E-state index in [0.29, 0.717) is 12.2 Å². The Kier molecular flexibility index (Phi) is 2.85. The number of rotatable bonds is 3. The summed E-state index contributed by atoms with van der Waals surface area (Å²) in [7, 11) is 1.80. The predicted octanol–water partition coefficient (Wildman–Crippen LogP) is 1.87. The molecule has 16 heavy (non-hydrogen) atoms. The third kappa shape index (κ3) is 2.18. The van der Waals surface area contributed by atoms with Crippen molar-refractivity contribution in [3.8, 4) is 0 Å². The maximum absolute atomic E-state index is 13.5. The summed E-state index contributed by atoms with van der Waals surface area (Å²) in [5, 5.41) is 6.92. The van der Waals surface area contributed by atoms with Crippen LogP contribution in [0.5, 0.6) is 0 Å². The molecular weight excluding hydrogens is 207 g/mol. The SMILES string of the molecule is Cc1ccc(NCc2ncnn2C)c(F)c1. The van der Waals surface area contributed by atoms with Crippen molar-refractivity contribution in [2.75, 3.05) is 5.32 Å². The molecule has 0 saturated carbocycles. The van der Waals surface area contributed by atoms with Gasteiger partial charge in [0.15, 0.2) is 0 Å². The zero-order valence-corrected chi connectivity index (χ0v) is 9.24. The summed E-state index contributed by atoms with van der Waals surface area (Å²) >= 11 is 0. The molecule has 0 amide bonds. The number of aryl methyl sites for hydroxylation is 2. The predicted molar refractivity (Wildman–Crippen MR) is 59.5 cm³/mol. The van der Waals surface area contributed by atoms with Crippen molar-refractivity contribution in [1.29, 1.82) is 0 Å². The molecule has 0 aliphatic carbocycles. The average molecular weight is 220 g/mol. The second-order valence-corrected chi connectivity index (χ2v) is 3.64. The third-order valence-electron chi connectivity index (χ3n) is 2.37. The fourth-order valence-electron chi connectivity index (χ4n) is 1.42. The van der Waals surface area contributed by atoms with Crippen LogP contribution in [0, 0.1) is 12.7 Å². The van der Waals surface area contributed by atoms with Gasteiger partial charge < -0.3 is 5.32 Å². The molecule has 84 valence electrons. The highest BCUT2D eigenvalue weighted by Gasteiger charge is 2.04. The molecule has 0 radical (unpaired) electrons. The van der Waals surface area contributed by atoms with Crippen molar-refractivity contribution in [2.45, 2.75) is 13.5 Å². The summed E-state index contributed by atoms with van der Waals surface area (Å²) in [6, 6.07) is 5.09. The van der Waals surface area contributed by atoms with Gasteiger partial charge >= 0.3 is 0 Å². The normalized spacial score (nSPS) is 10.4. The standard InChI is InChI=1S/C11H13FN4/c1-8-3-4-10(9(12)5-8)13-6-11-14-7-15-16(11)2/h3-5,7,13H,6H2,1-2H3. The van der Waals surface area contributed by atoms with Gasteiger partial charge in [-0.2, -0.15) is 5.10 Å². The first-order valence-corrected chi connectivity index (χ1v) is 4.99. The van der Waals surface area contributed by atoms with Gasteiger partial charge in [0, 0.05) is 7.05 Å². The highest BCUT2D eigenvalue weighted by atomic mass is 19.1. The van der Waals surface area contributed by atoms with Gasteiger partial charge in [0.1, 0.15) is 18.0 Å². The lowest BCUT2D eigenvalue weighted by Gasteiger charge is -2.07. The second kappa shape index (κ2) is 4.30. The van der Waals surface area contributed by atoms with Gasteiger partial charge in [-0.25, -0.2) is 9.37 Å². The van der Waals surface area contributed by atoms with E-state index in [9.17, 15) is 4.39 Å². The quantitative estimate of drug-likeness (QED) is 0.858. The highest BCUT2D eigenvalue weighted by molar-refractivity contribution is 5.46. The lowest BCUT2D eigenvalue weighted by Crippen LogP contribution is -2.07. The monoisotopic (exact) mass is 220 g/mol. The summed E-state index contributed by atoms with van der Waals surface area (Å²) in [5.74, 6) is 0.516. The van der Waals surface area contributed by atoms with Crippen LogP contribution in [0.1, 0.15) is 11.4 Å². The number of nitrogens with one attached hydrogen (secondary N) is 1. The topological polar surface area (TPSA) is 42.7 Å². The number of hydrogen-bond acceptors (Lipinski definition) is 3. The lowest BCUT2D eigenvalue weighted by molar-refractivity contribution is 0.627. The van der Waals surface area contributed by atoms with E-state index in [1.54, 1.807) is 17.8 Å². The van der Waals surface area contributed by atoms with Crippen molar-refractivity contribution in [2.24, 2.45) is 7.05 Å². The lowest BCUT2D eigenvalue weighted by atomic mass is 10.2. The minimum atomic E-state index is -0.248. The van der Waals surface area contributed by atoms with Crippen molar-refractivity contribution in [3.63, 3.8) is 0 Å². The molecule has 2 aromatic rings. The van der Waals surface area contributed by atoms with E-state index in [1.807, 2.05) is 13.0 Å². The van der Waals surface area contributed by atoms with Crippen LogP contribution >= 0.6 is 0 Å². The van der Waals surface area contributed by atoms with E-state index >= 15 is 0 Å². The molecule has 2 rings (SSSR count). The first-order chi connectivity index (χ1) is 7.66. The number of halogens is 1. The van der Waals surface area contributed by atoms with Crippen molar-refractivity contribution < 1.29 is 4.39 Å². The number of aromatic nitrogens is 3. The molecule has 0 fully saturated rings. The molecule has 0 aliphatic heterocycles. The number of hydrogen-bond donors (Lipinski definition) is 1. The Morgan fingerprint density at radius 2 is 2.25 bits per heavy atom. The second-order valence-electron chi connectivity index (χ2n) is 3.64. The molecule has 0 unspecified atom stereocenters. The summed E-state index contributed by atoms with van der Waals surface area (Å²) < 4.78 is 15.1. The largest absolute Gasteiger partial charge is 0.375 e. The Bertz CT molecular complexity index is 492. The van der Waals surface area contributed by atoms with Crippen LogP contribution in [0.25, 0.3) is 0 Å². The van der Waals surface area contributed by atoms with Crippen molar-refractivity contribution in [3.05, 3.63) is 41.7 Å². The van der Waals surface area contributed by atoms with Gasteiger partial charge in [-0.1, -0.05) is 6.07 Å². The Morgan fingerprint density at radius 3 is 2.88 bits per heavy atom. The zero-order valence-electron chi connectivity index (χ0n) is 9.24. The minimum absolute atomic E-state index is 0.248. The van der Waals surface area contributed by atoms with Gasteiger partial charge in [0.2, 0.25) is 0 Å². The Balaban J connectivity index is 2.08. The first-order valence-electron chi connectivity index (χ1n) is 4.99. The van der Waals surface area contributed by atoms with Gasteiger partial charge in [0.25, 0.3) is 0 Å². The first kappa shape index (κ1) is 10.6. The number of benzene rings is 1. The molecule has 5 heteroatoms. The van der Waals surface area contributed by atoms with Gasteiger partial charge in [-0.3, -0.25) is 4.68 Å². The van der Waals surface area contributed by atoms with Crippen molar-refractivity contribution >= 4 is 5.69 Å². The van der Waals surface area contributed by atoms with E-state index in [1.165, 1.54) is 12.4 Å². The van der Waals surface area contributed by atoms with Crippen LogP contribution in [-0.4, -0.2) is 14.8 Å². The van der Waals surface area contributed by atoms with Crippen LogP contribution in [0.15, 0.2) is 24.5 Å². The molecule has 4 nitrogen and oxygen atoms in total. The van der Waals surface area contributed by atoms with Gasteiger partial charge in [-0.15, -0.1) is 0 Å². The van der Waals surface area contributed by atoms with Crippen LogP contribution in [-0.2, 0) is 13.6 Å². The molecule has 0 atom stereocenters. The number of nitrogens with zero attached hydrogens (tertiary/aromatic N) is 3. The summed E-state index contributed by atoms with van der Waals surface area (Å²) in [4.78, 5) is 4.04. The maximum atomic E-state index is 13.5. The smallest absolute Gasteiger partial charge is 0.146 e. The molecule has 0 aliphatic rings. The molecule has 1 aromatic carbocycles. The van der Waals surface area contributed by atoms with Gasteiger partial charge in [-0.05, 0) is 24.6 Å². The van der Waals surface area contributed by atoms with Crippen LogP contribution < -0.4 is 5.32 Å². The fraction of sp³-hybridized carbons (Fsp3) is 0.273. The summed E-state index contributed by atoms with van der Waals surface area (Å²) in [6.07, 6.45) is 1.47. The van der Waals surface area contributed by atoms with E-state index in [4.69, 9.17) is 0 Å². The molecule has 1 heterocycles. The minimum Gasteiger partial charge on any atom is -0.375 e. The Morgan fingerprint density at radius 1 is 1.44 bits per heavy atom. The van der Waals surface area contributed by atoms with E-state index in [2.05, 4.69) is 15.4 Å². The summed E-state index contributed by atoms with van der Waals surface area (Å²) in [6.45, 7) is 2.31. The Hall–Kier alpha value is -1.91. The third-order valence-corrected chi connectivity index (χ3v) is 2.37. The van der Waals surface area contributed by atoms with Crippen molar-refractivity contribution in [1.82, 2.24) is 14.8 Å². The fourth-order valence-corrected chi connectivity index (χ4v) is 1.42. The Labute approximate surface area is 93.1 Å². The zero-order chi connectivity index (χ0) is 11.5. The number of anilines is 1. The molecule has 0 spiro atoms. The van der Waals surface area contributed by atoms with Crippen LogP contribution in [0.4, 0.5) is 10.1 Å².